The monoisotopic (exact) mass is 175 g/mol. The quantitative estimate of drug-likeness (QED) is 0.664. The number of nitrogens with two attached hydrogens (primary N) is 1. The maximum absolute atomic E-state index is 10.5. The molecule has 0 saturated carbocycles. The van der Waals surface area contributed by atoms with E-state index in [2.05, 4.69) is 9.97 Å². The fourth-order valence-corrected chi connectivity index (χ4v) is 1.25. The molecule has 13 heavy (non-hydrogen) atoms. The van der Waals surface area contributed by atoms with Gasteiger partial charge in [-0.1, -0.05) is 0 Å². The van der Waals surface area contributed by atoms with E-state index in [0.717, 1.165) is 23.1 Å². The number of aldehydes is 1. The van der Waals surface area contributed by atoms with Crippen molar-refractivity contribution >= 4 is 17.3 Å². The van der Waals surface area contributed by atoms with Crippen molar-refractivity contribution in [1.82, 2.24) is 9.97 Å². The second-order valence-corrected chi connectivity index (χ2v) is 2.78. The number of nitrogens with one attached hydrogen (secondary N) is 1. The third kappa shape index (κ3) is 1.31. The van der Waals surface area contributed by atoms with E-state index in [1.165, 1.54) is 0 Å². The number of nitrogens with zero attached hydrogens (tertiary/aromatic N) is 1. The SMILES string of the molecule is NCc1nc2ccc(C=O)cc2[nH]1. The molecule has 0 spiro atoms. The van der Waals surface area contributed by atoms with Gasteiger partial charge in [0.05, 0.1) is 17.6 Å². The average molecular weight is 175 g/mol. The molecular formula is C9H9N3O. The number of hydrogen-bond donors (Lipinski definition) is 2. The lowest BCUT2D eigenvalue weighted by atomic mass is 10.2. The Bertz CT molecular complexity index is 447. The summed E-state index contributed by atoms with van der Waals surface area (Å²) in [5, 5.41) is 0. The van der Waals surface area contributed by atoms with Crippen molar-refractivity contribution in [3.8, 4) is 0 Å². The molecule has 0 fully saturated rings. The molecule has 4 heteroatoms. The zero-order chi connectivity index (χ0) is 9.26. The van der Waals surface area contributed by atoms with Crippen LogP contribution in [0.1, 0.15) is 16.2 Å². The normalized spacial score (nSPS) is 10.5. The summed E-state index contributed by atoms with van der Waals surface area (Å²) in [6.45, 7) is 0.380. The summed E-state index contributed by atoms with van der Waals surface area (Å²) < 4.78 is 0. The molecule has 1 aromatic heterocycles. The van der Waals surface area contributed by atoms with Crippen LogP contribution in [-0.4, -0.2) is 16.3 Å². The van der Waals surface area contributed by atoms with E-state index in [-0.39, 0.29) is 0 Å². The van der Waals surface area contributed by atoms with Crippen LogP contribution in [0.15, 0.2) is 18.2 Å². The Morgan fingerprint density at radius 2 is 2.38 bits per heavy atom. The summed E-state index contributed by atoms with van der Waals surface area (Å²) in [5.74, 6) is 0.734. The Morgan fingerprint density at radius 1 is 1.54 bits per heavy atom. The number of rotatable bonds is 2. The first-order valence-corrected chi connectivity index (χ1v) is 3.97. The second kappa shape index (κ2) is 2.99. The molecule has 0 aliphatic heterocycles. The van der Waals surface area contributed by atoms with Gasteiger partial charge < -0.3 is 10.7 Å². The third-order valence-electron chi connectivity index (χ3n) is 1.88. The summed E-state index contributed by atoms with van der Waals surface area (Å²) >= 11 is 0. The van der Waals surface area contributed by atoms with Crippen LogP contribution >= 0.6 is 0 Å². The molecule has 0 unspecified atom stereocenters. The highest BCUT2D eigenvalue weighted by Gasteiger charge is 2.01. The van der Waals surface area contributed by atoms with Gasteiger partial charge in [0.1, 0.15) is 12.1 Å². The molecule has 4 nitrogen and oxygen atoms in total. The van der Waals surface area contributed by atoms with E-state index >= 15 is 0 Å². The molecule has 0 saturated heterocycles. The van der Waals surface area contributed by atoms with E-state index in [0.29, 0.717) is 12.1 Å². The Balaban J connectivity index is 2.63. The molecule has 0 amide bonds. The highest BCUT2D eigenvalue weighted by molar-refractivity contribution is 5.84. The van der Waals surface area contributed by atoms with Crippen molar-refractivity contribution in [2.24, 2.45) is 5.73 Å². The minimum Gasteiger partial charge on any atom is -0.341 e. The van der Waals surface area contributed by atoms with E-state index < -0.39 is 0 Å². The lowest BCUT2D eigenvalue weighted by Gasteiger charge is -1.88. The van der Waals surface area contributed by atoms with Crippen LogP contribution in [0.3, 0.4) is 0 Å². The molecule has 0 bridgehead atoms. The Hall–Kier alpha value is -1.68. The van der Waals surface area contributed by atoms with E-state index in [4.69, 9.17) is 5.73 Å². The Labute approximate surface area is 74.8 Å². The zero-order valence-electron chi connectivity index (χ0n) is 6.95. The van der Waals surface area contributed by atoms with Gasteiger partial charge in [-0.15, -0.1) is 0 Å². The van der Waals surface area contributed by atoms with Crippen molar-refractivity contribution in [3.63, 3.8) is 0 Å². The number of fused-ring (bicyclic) bond motifs is 1. The lowest BCUT2D eigenvalue weighted by molar-refractivity contribution is 0.112. The first-order valence-electron chi connectivity index (χ1n) is 3.97. The molecule has 0 atom stereocenters. The van der Waals surface area contributed by atoms with Gasteiger partial charge in [-0.05, 0) is 18.2 Å². The van der Waals surface area contributed by atoms with Crippen LogP contribution in [-0.2, 0) is 6.54 Å². The molecule has 0 aliphatic rings. The molecule has 66 valence electrons. The van der Waals surface area contributed by atoms with Gasteiger partial charge in [-0.3, -0.25) is 4.79 Å². The van der Waals surface area contributed by atoms with E-state index in [1.54, 1.807) is 18.2 Å². The number of hydrogen-bond acceptors (Lipinski definition) is 3. The molecule has 0 aliphatic carbocycles. The van der Waals surface area contributed by atoms with E-state index in [1.807, 2.05) is 0 Å². The molecule has 1 heterocycles. The number of benzene rings is 1. The van der Waals surface area contributed by atoms with Crippen LogP contribution < -0.4 is 5.73 Å². The average Bonchev–Trinajstić information content (AvgIpc) is 2.58. The minimum absolute atomic E-state index is 0.380. The van der Waals surface area contributed by atoms with Gasteiger partial charge in [0.25, 0.3) is 0 Å². The summed E-state index contributed by atoms with van der Waals surface area (Å²) in [4.78, 5) is 17.7. The van der Waals surface area contributed by atoms with Crippen LogP contribution in [0.4, 0.5) is 0 Å². The van der Waals surface area contributed by atoms with Gasteiger partial charge in [0, 0.05) is 5.56 Å². The minimum atomic E-state index is 0.380. The van der Waals surface area contributed by atoms with Crippen LogP contribution in [0.5, 0.6) is 0 Å². The maximum atomic E-state index is 10.5. The molecule has 2 aromatic rings. The second-order valence-electron chi connectivity index (χ2n) is 2.78. The number of H-pyrrole nitrogens is 1. The number of aromatic nitrogens is 2. The number of imidazole rings is 1. The van der Waals surface area contributed by atoms with E-state index in [9.17, 15) is 4.79 Å². The largest absolute Gasteiger partial charge is 0.341 e. The fourth-order valence-electron chi connectivity index (χ4n) is 1.25. The first-order chi connectivity index (χ1) is 6.33. The molecule has 2 rings (SSSR count). The van der Waals surface area contributed by atoms with Crippen LogP contribution in [0.2, 0.25) is 0 Å². The Morgan fingerprint density at radius 3 is 3.08 bits per heavy atom. The van der Waals surface area contributed by atoms with Crippen LogP contribution in [0, 0.1) is 0 Å². The van der Waals surface area contributed by atoms with Crippen LogP contribution in [0.25, 0.3) is 11.0 Å². The van der Waals surface area contributed by atoms with Gasteiger partial charge >= 0.3 is 0 Å². The molecule has 1 aromatic carbocycles. The number of carbonyl (C=O) groups is 1. The lowest BCUT2D eigenvalue weighted by Crippen LogP contribution is -1.97. The summed E-state index contributed by atoms with van der Waals surface area (Å²) in [6.07, 6.45) is 0.808. The first kappa shape index (κ1) is 7.94. The number of aromatic amines is 1. The Kier molecular flexibility index (Phi) is 1.83. The molecular weight excluding hydrogens is 166 g/mol. The molecule has 0 radical (unpaired) electrons. The topological polar surface area (TPSA) is 71.8 Å². The molecule has 3 N–H and O–H groups in total. The van der Waals surface area contributed by atoms with Crippen molar-refractivity contribution in [2.75, 3.05) is 0 Å². The third-order valence-corrected chi connectivity index (χ3v) is 1.88. The van der Waals surface area contributed by atoms with Gasteiger partial charge in [-0.25, -0.2) is 4.98 Å². The summed E-state index contributed by atoms with van der Waals surface area (Å²) in [6, 6.07) is 5.29. The highest BCUT2D eigenvalue weighted by atomic mass is 16.1. The van der Waals surface area contributed by atoms with Gasteiger partial charge in [0.2, 0.25) is 0 Å². The van der Waals surface area contributed by atoms with Gasteiger partial charge in [-0.2, -0.15) is 0 Å². The maximum Gasteiger partial charge on any atom is 0.150 e. The van der Waals surface area contributed by atoms with Crippen molar-refractivity contribution < 1.29 is 4.79 Å². The van der Waals surface area contributed by atoms with Crippen molar-refractivity contribution in [1.29, 1.82) is 0 Å². The highest BCUT2D eigenvalue weighted by Crippen LogP contribution is 2.12. The van der Waals surface area contributed by atoms with Gasteiger partial charge in [0.15, 0.2) is 0 Å². The predicted molar refractivity (Wildman–Crippen MR) is 49.4 cm³/mol. The predicted octanol–water partition coefficient (Wildman–Crippen LogP) is 0.834. The van der Waals surface area contributed by atoms with Crippen molar-refractivity contribution in [3.05, 3.63) is 29.6 Å². The smallest absolute Gasteiger partial charge is 0.150 e. The van der Waals surface area contributed by atoms with Crippen molar-refractivity contribution in [2.45, 2.75) is 6.54 Å². The summed E-state index contributed by atoms with van der Waals surface area (Å²) in [5.41, 5.74) is 7.75. The summed E-state index contributed by atoms with van der Waals surface area (Å²) in [7, 11) is 0. The number of carbonyl (C=O) groups excluding carboxylic acids is 1. The fraction of sp³-hybridized carbons (Fsp3) is 0.111. The standard InChI is InChI=1S/C9H9N3O/c10-4-9-11-7-2-1-6(5-13)3-8(7)12-9/h1-3,5H,4,10H2,(H,11,12). The zero-order valence-corrected chi connectivity index (χ0v) is 6.95.